The minimum absolute atomic E-state index is 0.111. The first-order valence-electron chi connectivity index (χ1n) is 10.2. The van der Waals surface area contributed by atoms with Gasteiger partial charge in [-0.1, -0.05) is 23.8 Å². The van der Waals surface area contributed by atoms with E-state index in [2.05, 4.69) is 10.0 Å². The zero-order valence-electron chi connectivity index (χ0n) is 17.1. The van der Waals surface area contributed by atoms with Crippen molar-refractivity contribution in [1.82, 2.24) is 0 Å². The lowest BCUT2D eigenvalue weighted by molar-refractivity contribution is -0.112. The fraction of sp³-hybridized carbons (Fsp3) is 0.348. The van der Waals surface area contributed by atoms with Crippen molar-refractivity contribution in [2.75, 3.05) is 17.1 Å². The van der Waals surface area contributed by atoms with Gasteiger partial charge in [-0.3, -0.25) is 9.52 Å². The number of amides is 1. The first-order chi connectivity index (χ1) is 14.4. The van der Waals surface area contributed by atoms with Crippen molar-refractivity contribution in [1.29, 1.82) is 0 Å². The Morgan fingerprint density at radius 1 is 1.07 bits per heavy atom. The van der Waals surface area contributed by atoms with Crippen molar-refractivity contribution in [2.45, 2.75) is 37.5 Å². The number of hydrogen-bond donors (Lipinski definition) is 2. The molecule has 7 heteroatoms. The highest BCUT2D eigenvalue weighted by Gasteiger charge is 2.36. The molecule has 2 aromatic rings. The highest BCUT2D eigenvalue weighted by molar-refractivity contribution is 7.92. The number of nitrogens with one attached hydrogen (secondary N) is 2. The predicted molar refractivity (Wildman–Crippen MR) is 117 cm³/mol. The van der Waals surface area contributed by atoms with Crippen LogP contribution in [0, 0.1) is 18.8 Å². The van der Waals surface area contributed by atoms with Crippen molar-refractivity contribution >= 4 is 27.3 Å². The van der Waals surface area contributed by atoms with E-state index in [1.807, 2.05) is 0 Å². The summed E-state index contributed by atoms with van der Waals surface area (Å²) in [6, 6.07) is 11.7. The van der Waals surface area contributed by atoms with Gasteiger partial charge in [-0.25, -0.2) is 8.42 Å². The van der Waals surface area contributed by atoms with Crippen LogP contribution in [0.3, 0.4) is 0 Å². The van der Waals surface area contributed by atoms with Crippen LogP contribution in [0.2, 0.25) is 0 Å². The summed E-state index contributed by atoms with van der Waals surface area (Å²) in [5.74, 6) is 1.35. The number of ether oxygens (including phenoxy) is 1. The van der Waals surface area contributed by atoms with Crippen LogP contribution < -0.4 is 14.8 Å². The van der Waals surface area contributed by atoms with Crippen LogP contribution in [0.1, 0.15) is 31.2 Å². The molecule has 158 valence electrons. The van der Waals surface area contributed by atoms with Crippen molar-refractivity contribution in [2.24, 2.45) is 11.8 Å². The molecule has 6 nitrogen and oxygen atoms in total. The number of benzene rings is 2. The Bertz CT molecular complexity index is 1090. The number of carbonyl (C=O) groups is 1. The Labute approximate surface area is 177 Å². The minimum Gasteiger partial charge on any atom is -0.495 e. The van der Waals surface area contributed by atoms with Crippen LogP contribution in [0.25, 0.3) is 0 Å². The summed E-state index contributed by atoms with van der Waals surface area (Å²) in [6.07, 6.45) is 6.37. The van der Waals surface area contributed by atoms with E-state index in [1.54, 1.807) is 49.4 Å². The monoisotopic (exact) mass is 426 g/mol. The maximum Gasteiger partial charge on any atom is 0.262 e. The molecular weight excluding hydrogens is 400 g/mol. The Morgan fingerprint density at radius 2 is 1.73 bits per heavy atom. The molecule has 0 unspecified atom stereocenters. The summed E-state index contributed by atoms with van der Waals surface area (Å²) in [6.45, 7) is 1.72. The van der Waals surface area contributed by atoms with Crippen molar-refractivity contribution in [3.8, 4) is 5.75 Å². The van der Waals surface area contributed by atoms with Gasteiger partial charge in [0.15, 0.2) is 0 Å². The maximum atomic E-state index is 13.0. The van der Waals surface area contributed by atoms with Crippen LogP contribution in [-0.4, -0.2) is 21.4 Å². The molecule has 0 heterocycles. The summed E-state index contributed by atoms with van der Waals surface area (Å²) < 4.78 is 33.8. The summed E-state index contributed by atoms with van der Waals surface area (Å²) in [5, 5.41) is 2.83. The number of aryl methyl sites for hydroxylation is 1. The molecule has 0 radical (unpaired) electrons. The maximum absolute atomic E-state index is 13.0. The number of carbonyl (C=O) groups excluding carboxylic acids is 1. The van der Waals surface area contributed by atoms with Crippen molar-refractivity contribution < 1.29 is 17.9 Å². The topological polar surface area (TPSA) is 84.5 Å². The van der Waals surface area contributed by atoms with Gasteiger partial charge < -0.3 is 10.1 Å². The lowest BCUT2D eigenvalue weighted by Crippen LogP contribution is -2.16. The normalized spacial score (nSPS) is 15.9. The highest BCUT2D eigenvalue weighted by Crippen LogP contribution is 2.48. The Hall–Kier alpha value is -2.80. The molecule has 1 amide bonds. The lowest BCUT2D eigenvalue weighted by atomic mass is 10.1. The molecular formula is C23H26N2O4S. The Morgan fingerprint density at radius 3 is 2.37 bits per heavy atom. The third kappa shape index (κ3) is 4.67. The smallest absolute Gasteiger partial charge is 0.262 e. The van der Waals surface area contributed by atoms with Crippen LogP contribution in [-0.2, 0) is 14.8 Å². The van der Waals surface area contributed by atoms with E-state index in [0.717, 1.165) is 25.7 Å². The van der Waals surface area contributed by atoms with E-state index in [0.29, 0.717) is 34.5 Å². The molecule has 0 saturated heterocycles. The van der Waals surface area contributed by atoms with Crippen molar-refractivity contribution in [3.63, 3.8) is 0 Å². The molecule has 2 fully saturated rings. The fourth-order valence-corrected chi connectivity index (χ4v) is 4.97. The van der Waals surface area contributed by atoms with Gasteiger partial charge in [-0.15, -0.1) is 0 Å². The van der Waals surface area contributed by atoms with Gasteiger partial charge >= 0.3 is 0 Å². The van der Waals surface area contributed by atoms with E-state index in [9.17, 15) is 13.2 Å². The zero-order chi connectivity index (χ0) is 21.3. The average Bonchev–Trinajstić information content (AvgIpc) is 3.61. The second kappa shape index (κ2) is 8.14. The molecule has 2 saturated carbocycles. The second-order valence-corrected chi connectivity index (χ2v) is 9.62. The number of methoxy groups -OCH3 is 1. The van der Waals surface area contributed by atoms with Gasteiger partial charge in [0.2, 0.25) is 5.91 Å². The summed E-state index contributed by atoms with van der Waals surface area (Å²) in [4.78, 5) is 12.6. The fourth-order valence-electron chi connectivity index (χ4n) is 3.63. The number of rotatable bonds is 8. The molecule has 2 aliphatic rings. The van der Waals surface area contributed by atoms with Gasteiger partial charge in [-0.05, 0) is 74.3 Å². The summed E-state index contributed by atoms with van der Waals surface area (Å²) >= 11 is 0. The molecule has 4 rings (SSSR count). The van der Waals surface area contributed by atoms with Crippen molar-refractivity contribution in [3.05, 3.63) is 59.7 Å². The van der Waals surface area contributed by atoms with Crippen LogP contribution in [0.4, 0.5) is 11.4 Å². The first-order valence-corrected chi connectivity index (χ1v) is 11.6. The number of para-hydroxylation sites is 2. The van der Waals surface area contributed by atoms with E-state index in [-0.39, 0.29) is 10.8 Å². The highest BCUT2D eigenvalue weighted by atomic mass is 32.2. The third-order valence-corrected chi connectivity index (χ3v) is 7.00. The first kappa shape index (κ1) is 20.5. The third-order valence-electron chi connectivity index (χ3n) is 5.49. The molecule has 0 aliphatic heterocycles. The Balaban J connectivity index is 1.55. The van der Waals surface area contributed by atoms with E-state index in [1.165, 1.54) is 18.7 Å². The average molecular weight is 427 g/mol. The molecule has 2 aromatic carbocycles. The van der Waals surface area contributed by atoms with E-state index >= 15 is 0 Å². The van der Waals surface area contributed by atoms with Gasteiger partial charge in [0, 0.05) is 11.8 Å². The van der Waals surface area contributed by atoms with Crippen LogP contribution in [0.5, 0.6) is 5.75 Å². The molecule has 2 N–H and O–H groups in total. The predicted octanol–water partition coefficient (Wildman–Crippen LogP) is 4.49. The lowest BCUT2D eigenvalue weighted by Gasteiger charge is -2.14. The number of allylic oxidation sites excluding steroid dienone is 1. The van der Waals surface area contributed by atoms with Gasteiger partial charge in [0.1, 0.15) is 5.75 Å². The zero-order valence-corrected chi connectivity index (χ0v) is 18.0. The summed E-state index contributed by atoms with van der Waals surface area (Å²) in [7, 11) is -2.38. The number of anilines is 2. The molecule has 0 spiro atoms. The molecule has 0 bridgehead atoms. The summed E-state index contributed by atoms with van der Waals surface area (Å²) in [5.41, 5.74) is 2.65. The van der Waals surface area contributed by atoms with E-state index < -0.39 is 10.0 Å². The molecule has 2 aliphatic carbocycles. The standard InChI is InChI=1S/C23H26N2O4S/c1-15-7-12-18(24-23(26)14-19(16-8-9-16)17-10-11-17)13-22(15)30(27,28)25-20-5-3-4-6-21(20)29-2/h3-7,12-14,16-17,25H,8-11H2,1-2H3,(H,24,26). The molecule has 0 atom stereocenters. The Kier molecular flexibility index (Phi) is 5.56. The number of sulfonamides is 1. The van der Waals surface area contributed by atoms with Gasteiger partial charge in [0.25, 0.3) is 10.0 Å². The van der Waals surface area contributed by atoms with Gasteiger partial charge in [-0.2, -0.15) is 0 Å². The SMILES string of the molecule is COc1ccccc1NS(=O)(=O)c1cc(NC(=O)C=C(C2CC2)C2CC2)ccc1C. The number of hydrogen-bond acceptors (Lipinski definition) is 4. The van der Waals surface area contributed by atoms with Crippen LogP contribution in [0.15, 0.2) is 59.0 Å². The van der Waals surface area contributed by atoms with Crippen LogP contribution >= 0.6 is 0 Å². The molecule has 30 heavy (non-hydrogen) atoms. The second-order valence-electron chi connectivity index (χ2n) is 7.97. The minimum atomic E-state index is -3.86. The molecule has 0 aromatic heterocycles. The quantitative estimate of drug-likeness (QED) is 0.609. The van der Waals surface area contributed by atoms with Gasteiger partial charge in [0.05, 0.1) is 17.7 Å². The largest absolute Gasteiger partial charge is 0.495 e. The van der Waals surface area contributed by atoms with E-state index in [4.69, 9.17) is 4.74 Å².